The first kappa shape index (κ1) is 28.7. The molecule has 11 heteroatoms. The van der Waals surface area contributed by atoms with E-state index in [1.165, 1.54) is 0 Å². The van der Waals surface area contributed by atoms with Gasteiger partial charge in [0, 0.05) is 6.42 Å². The molecule has 0 aliphatic carbocycles. The van der Waals surface area contributed by atoms with Gasteiger partial charge in [-0.2, -0.15) is 5.10 Å². The van der Waals surface area contributed by atoms with Gasteiger partial charge < -0.3 is 24.8 Å². The summed E-state index contributed by atoms with van der Waals surface area (Å²) in [5.41, 5.74) is 1.79. The van der Waals surface area contributed by atoms with Crippen molar-refractivity contribution in [3.05, 3.63) is 41.2 Å². The third kappa shape index (κ3) is 7.80. The first-order valence-electron chi connectivity index (χ1n) is 13.1. The second-order valence-corrected chi connectivity index (χ2v) is 8.94. The molecule has 1 aromatic carbocycles. The Bertz CT molecular complexity index is 1160. The molecule has 1 heterocycles. The highest BCUT2D eigenvalue weighted by molar-refractivity contribution is 6.00. The topological polar surface area (TPSA) is 138 Å². The van der Waals surface area contributed by atoms with Gasteiger partial charge >= 0.3 is 11.9 Å². The molecule has 0 fully saturated rings. The molecule has 0 spiro atoms. The Balaban J connectivity index is 2.30. The number of aromatic nitrogens is 2. The molecule has 2 amide bonds. The zero-order valence-corrected chi connectivity index (χ0v) is 23.1. The summed E-state index contributed by atoms with van der Waals surface area (Å²) in [6.45, 7) is 10.3. The molecule has 0 unspecified atom stereocenters. The molecule has 0 bridgehead atoms. The van der Waals surface area contributed by atoms with Gasteiger partial charge in [-0.25, -0.2) is 9.48 Å². The van der Waals surface area contributed by atoms with Crippen LogP contribution in [0.3, 0.4) is 0 Å². The first-order valence-corrected chi connectivity index (χ1v) is 12.6. The third-order valence-electron chi connectivity index (χ3n) is 5.81. The number of nitrogens with zero attached hydrogens (tertiary/aromatic N) is 2. The monoisotopic (exact) mass is 531 g/mol. The summed E-state index contributed by atoms with van der Waals surface area (Å²) in [7, 11) is 1.56. The summed E-state index contributed by atoms with van der Waals surface area (Å²) < 4.78 is 25.4. The molecule has 0 radical (unpaired) electrons. The summed E-state index contributed by atoms with van der Waals surface area (Å²) >= 11 is 0. The van der Waals surface area contributed by atoms with E-state index in [4.69, 9.17) is 15.6 Å². The molecule has 0 saturated carbocycles. The fourth-order valence-corrected chi connectivity index (χ4v) is 3.87. The van der Waals surface area contributed by atoms with Gasteiger partial charge in [-0.05, 0) is 64.3 Å². The molecule has 2 aromatic rings. The second kappa shape index (κ2) is 14.2. The van der Waals surface area contributed by atoms with E-state index in [2.05, 4.69) is 10.4 Å². The number of esters is 2. The van der Waals surface area contributed by atoms with Crippen molar-refractivity contribution in [3.8, 4) is 11.4 Å². The van der Waals surface area contributed by atoms with Crippen LogP contribution in [0, 0.1) is 19.8 Å². The lowest BCUT2D eigenvalue weighted by atomic mass is 10.0. The van der Waals surface area contributed by atoms with Crippen molar-refractivity contribution in [2.24, 2.45) is 5.92 Å². The van der Waals surface area contributed by atoms with Crippen LogP contribution in [0.2, 0.25) is 1.41 Å². The number of amides is 2. The van der Waals surface area contributed by atoms with E-state index < -0.39 is 41.8 Å². The zero-order chi connectivity index (χ0) is 29.3. The standard InChI is InChI=1S/C27H38N4O7/c1-8-37-22(32)15-14-21(27(35)38-9-2)28-26(34)24(16(3)4)29-25(33)23-17(5)30-31(18(23)6)19-10-12-20(36-7)13-11-19/h10-13,16,21,24H,8-9,14-15H2,1-7H3,(H,28,34)(H,29,33)/t21-,24-/m0/s1/i/hD. The maximum absolute atomic E-state index is 13.5. The lowest BCUT2D eigenvalue weighted by molar-refractivity contribution is -0.149. The van der Waals surface area contributed by atoms with Crippen LogP contribution in [0.15, 0.2) is 24.3 Å². The van der Waals surface area contributed by atoms with Gasteiger partial charge in [0.1, 0.15) is 17.8 Å². The van der Waals surface area contributed by atoms with Crippen molar-refractivity contribution in [3.63, 3.8) is 0 Å². The zero-order valence-electron chi connectivity index (χ0n) is 24.1. The number of hydrogen-bond acceptors (Lipinski definition) is 8. The minimum Gasteiger partial charge on any atom is -0.497 e. The van der Waals surface area contributed by atoms with E-state index in [0.29, 0.717) is 28.1 Å². The normalized spacial score (nSPS) is 12.8. The van der Waals surface area contributed by atoms with E-state index >= 15 is 0 Å². The number of carbonyl (C=O) groups excluding carboxylic acids is 4. The molecule has 38 heavy (non-hydrogen) atoms. The molecule has 0 saturated heterocycles. The largest absolute Gasteiger partial charge is 0.497 e. The summed E-state index contributed by atoms with van der Waals surface area (Å²) in [4.78, 5) is 51.2. The van der Waals surface area contributed by atoms with Gasteiger partial charge in [0.05, 0.1) is 43.0 Å². The molecular formula is C27H38N4O7. The van der Waals surface area contributed by atoms with E-state index in [-0.39, 0.29) is 31.6 Å². The number of benzene rings is 1. The average molecular weight is 532 g/mol. The van der Waals surface area contributed by atoms with E-state index in [1.807, 2.05) is 0 Å². The SMILES string of the molecule is [2H]N(C(=O)c1c(C)nn(-c2ccc(OC)cc2)c1C)[C@H](C(=O)N[C@@H](CCC(=O)OCC)C(=O)OCC)C(C)C. The van der Waals surface area contributed by atoms with Crippen LogP contribution in [0.5, 0.6) is 5.75 Å². The predicted molar refractivity (Wildman–Crippen MR) is 140 cm³/mol. The number of rotatable bonds is 13. The van der Waals surface area contributed by atoms with E-state index in [0.717, 1.165) is 0 Å². The molecule has 2 N–H and O–H groups in total. The second-order valence-electron chi connectivity index (χ2n) is 8.94. The Kier molecular flexibility index (Phi) is 10.7. The number of aryl methyl sites for hydroxylation is 1. The van der Waals surface area contributed by atoms with Crippen molar-refractivity contribution in [2.45, 2.75) is 66.5 Å². The van der Waals surface area contributed by atoms with Crippen molar-refractivity contribution in [2.75, 3.05) is 20.3 Å². The van der Waals surface area contributed by atoms with Gasteiger partial charge in [-0.3, -0.25) is 14.4 Å². The number of nitrogens with one attached hydrogen (secondary N) is 2. The minimum absolute atomic E-state index is 0.0486. The summed E-state index contributed by atoms with van der Waals surface area (Å²) in [5, 5.41) is 7.66. The van der Waals surface area contributed by atoms with Crippen molar-refractivity contribution in [1.82, 2.24) is 20.4 Å². The molecule has 11 nitrogen and oxygen atoms in total. The van der Waals surface area contributed by atoms with Crippen LogP contribution in [0.4, 0.5) is 0 Å². The quantitative estimate of drug-likeness (QED) is 0.376. The number of ether oxygens (including phenoxy) is 3. The smallest absolute Gasteiger partial charge is 0.328 e. The fourth-order valence-electron chi connectivity index (χ4n) is 3.87. The van der Waals surface area contributed by atoms with E-state index in [9.17, 15) is 19.2 Å². The molecule has 208 valence electrons. The highest BCUT2D eigenvalue weighted by atomic mass is 16.5. The van der Waals surface area contributed by atoms with Crippen LogP contribution < -0.4 is 15.4 Å². The number of hydrogen-bond donors (Lipinski definition) is 2. The maximum Gasteiger partial charge on any atom is 0.328 e. The Labute approximate surface area is 224 Å². The maximum atomic E-state index is 13.5. The lowest BCUT2D eigenvalue weighted by Crippen LogP contribution is -2.54. The lowest BCUT2D eigenvalue weighted by Gasteiger charge is -2.25. The van der Waals surface area contributed by atoms with Crippen LogP contribution in [-0.2, 0) is 23.9 Å². The molecule has 1 aromatic heterocycles. The Morgan fingerprint density at radius 3 is 2.24 bits per heavy atom. The van der Waals surface area contributed by atoms with Crippen molar-refractivity contribution in [1.29, 1.82) is 0 Å². The summed E-state index contributed by atoms with van der Waals surface area (Å²) in [6.07, 6.45) is -0.163. The molecule has 2 atom stereocenters. The van der Waals surface area contributed by atoms with Crippen molar-refractivity contribution >= 4 is 23.8 Å². The Hall–Kier alpha value is -3.89. The van der Waals surface area contributed by atoms with Crippen LogP contribution in [0.1, 0.15) is 62.3 Å². The summed E-state index contributed by atoms with van der Waals surface area (Å²) in [5.74, 6) is -2.46. The van der Waals surface area contributed by atoms with Crippen LogP contribution >= 0.6 is 0 Å². The molecule has 0 aliphatic rings. The average Bonchev–Trinajstić information content (AvgIpc) is 3.19. The van der Waals surface area contributed by atoms with Crippen molar-refractivity contribution < 1.29 is 34.8 Å². The van der Waals surface area contributed by atoms with E-state index in [1.54, 1.807) is 77.6 Å². The van der Waals surface area contributed by atoms with Crippen LogP contribution in [0.25, 0.3) is 5.69 Å². The first-order chi connectivity index (χ1) is 18.5. The molecule has 0 aliphatic heterocycles. The molecule has 2 rings (SSSR count). The van der Waals surface area contributed by atoms with Crippen LogP contribution in [-0.4, -0.2) is 65.9 Å². The minimum atomic E-state index is -1.24. The highest BCUT2D eigenvalue weighted by Gasteiger charge is 2.31. The molecular weight excluding hydrogens is 492 g/mol. The van der Waals surface area contributed by atoms with Gasteiger partial charge in [0.15, 0.2) is 1.41 Å². The fraction of sp³-hybridized carbons (Fsp3) is 0.519. The van der Waals surface area contributed by atoms with Gasteiger partial charge in [-0.1, -0.05) is 13.8 Å². The number of carbonyl (C=O) groups is 4. The highest BCUT2D eigenvalue weighted by Crippen LogP contribution is 2.21. The third-order valence-corrected chi connectivity index (χ3v) is 5.81. The van der Waals surface area contributed by atoms with Gasteiger partial charge in [0.2, 0.25) is 5.91 Å². The Morgan fingerprint density at radius 1 is 1.05 bits per heavy atom. The van der Waals surface area contributed by atoms with Gasteiger partial charge in [-0.15, -0.1) is 0 Å². The predicted octanol–water partition coefficient (Wildman–Crippen LogP) is 2.64. The van der Waals surface area contributed by atoms with Gasteiger partial charge in [0.25, 0.3) is 5.91 Å². The summed E-state index contributed by atoms with van der Waals surface area (Å²) in [6, 6.07) is 4.74. The number of methoxy groups -OCH3 is 1. The Morgan fingerprint density at radius 2 is 1.68 bits per heavy atom.